The Morgan fingerprint density at radius 2 is 1.72 bits per heavy atom. The molecule has 1 unspecified atom stereocenters. The summed E-state index contributed by atoms with van der Waals surface area (Å²) in [5.41, 5.74) is 4.76. The van der Waals surface area contributed by atoms with E-state index < -0.39 is 50.1 Å². The van der Waals surface area contributed by atoms with Crippen LogP contribution in [0.4, 0.5) is 41.6 Å². The highest BCUT2D eigenvalue weighted by Gasteiger charge is 2.45. The summed E-state index contributed by atoms with van der Waals surface area (Å²) >= 11 is 6.25. The second-order valence-corrected chi connectivity index (χ2v) is 21.1. The Morgan fingerprint density at radius 1 is 0.971 bits per heavy atom. The molecule has 5 aromatic rings. The van der Waals surface area contributed by atoms with Crippen LogP contribution < -0.4 is 24.6 Å². The van der Waals surface area contributed by atoms with Crippen molar-refractivity contribution >= 4 is 72.6 Å². The van der Waals surface area contributed by atoms with Gasteiger partial charge in [-0.1, -0.05) is 43.2 Å². The monoisotopic (exact) mass is 990 g/mol. The maximum atomic E-state index is 14.4. The highest BCUT2D eigenvalue weighted by molar-refractivity contribution is 7.90. The molecule has 69 heavy (non-hydrogen) atoms. The van der Waals surface area contributed by atoms with Gasteiger partial charge in [0, 0.05) is 93.8 Å². The Labute approximate surface area is 403 Å². The predicted molar refractivity (Wildman–Crippen MR) is 259 cm³/mol. The highest BCUT2D eigenvalue weighted by Crippen LogP contribution is 2.45. The lowest BCUT2D eigenvalue weighted by molar-refractivity contribution is -0.384. The fraction of sp³-hybridized carbons (Fsp3) is 0.429. The predicted octanol–water partition coefficient (Wildman–Crippen LogP) is 9.72. The molecule has 20 heteroatoms. The first-order chi connectivity index (χ1) is 32.9. The number of fused-ring (bicyclic) bond motifs is 2. The Bertz CT molecular complexity index is 2880. The first-order valence-electron chi connectivity index (χ1n) is 23.2. The second kappa shape index (κ2) is 19.5. The van der Waals surface area contributed by atoms with Crippen LogP contribution in [0, 0.1) is 21.4 Å². The smallest absolute Gasteiger partial charge is 0.425 e. The summed E-state index contributed by atoms with van der Waals surface area (Å²) in [6, 6.07) is 19.5. The van der Waals surface area contributed by atoms with Gasteiger partial charge in [-0.2, -0.15) is 18.2 Å². The van der Waals surface area contributed by atoms with Crippen LogP contribution in [-0.4, -0.2) is 105 Å². The van der Waals surface area contributed by atoms with E-state index in [0.717, 1.165) is 44.7 Å². The van der Waals surface area contributed by atoms with E-state index in [9.17, 15) is 36.5 Å². The number of allylic oxidation sites excluding steroid dienone is 1. The van der Waals surface area contributed by atoms with E-state index >= 15 is 0 Å². The van der Waals surface area contributed by atoms with Gasteiger partial charge in [0.15, 0.2) is 6.10 Å². The normalized spacial score (nSPS) is 19.5. The van der Waals surface area contributed by atoms with Crippen LogP contribution in [0.3, 0.4) is 0 Å². The number of rotatable bonds is 12. The molecule has 5 heterocycles. The molecule has 1 amide bonds. The maximum absolute atomic E-state index is 14.4. The molecule has 9 rings (SSSR count). The van der Waals surface area contributed by atoms with Gasteiger partial charge < -0.3 is 29.6 Å². The van der Waals surface area contributed by atoms with Crippen LogP contribution in [0.25, 0.3) is 16.6 Å². The summed E-state index contributed by atoms with van der Waals surface area (Å²) in [5.74, 6) is -1.20. The molecule has 366 valence electrons. The van der Waals surface area contributed by atoms with E-state index in [1.807, 2.05) is 12.1 Å². The SMILES string of the molecule is CC1(C)CCC(CN2CCN(c3ccc(C(=O)NS(=O)(=O)c4ccc(NCC5CCOCC5)c([N+](=O)[O-])c4)c(N4CCC(C(F)(F)F)Oc5nc6[nH]ccc6cc54)c3)CC2)=C(c2ccc(Cl)cc2)C1. The molecule has 15 nitrogen and oxygen atoms in total. The van der Waals surface area contributed by atoms with Crippen molar-refractivity contribution in [3.8, 4) is 5.88 Å². The molecule has 3 aliphatic heterocycles. The zero-order valence-corrected chi connectivity index (χ0v) is 39.9. The molecule has 2 fully saturated rings. The quantitative estimate of drug-likeness (QED) is 0.0799. The molecule has 0 spiro atoms. The number of pyridine rings is 1. The number of amides is 1. The van der Waals surface area contributed by atoms with Crippen LogP contribution in [-0.2, 0) is 14.8 Å². The van der Waals surface area contributed by atoms with Gasteiger partial charge in [-0.25, -0.2) is 13.1 Å². The third-order valence-corrected chi connectivity index (χ3v) is 15.3. The maximum Gasteiger partial charge on any atom is 0.425 e. The van der Waals surface area contributed by atoms with Crippen molar-refractivity contribution in [2.75, 3.05) is 74.1 Å². The summed E-state index contributed by atoms with van der Waals surface area (Å²) in [6.45, 7) is 9.28. The lowest BCUT2D eigenvalue weighted by Crippen LogP contribution is -2.47. The lowest BCUT2D eigenvalue weighted by atomic mass is 9.72. The molecule has 3 aromatic carbocycles. The number of aromatic amines is 1. The van der Waals surface area contributed by atoms with Gasteiger partial charge >= 0.3 is 6.18 Å². The van der Waals surface area contributed by atoms with Gasteiger partial charge in [0.1, 0.15) is 17.0 Å². The summed E-state index contributed by atoms with van der Waals surface area (Å²) in [7, 11) is -4.74. The Hall–Kier alpha value is -5.89. The number of hydrogen-bond acceptors (Lipinski definition) is 12. The molecular weight excluding hydrogens is 937 g/mol. The minimum atomic E-state index is -4.76. The molecule has 4 aliphatic rings. The molecule has 0 radical (unpaired) electrons. The molecule has 1 atom stereocenters. The van der Waals surface area contributed by atoms with E-state index in [0.29, 0.717) is 67.7 Å². The number of sulfonamides is 1. The van der Waals surface area contributed by atoms with E-state index in [1.165, 1.54) is 39.8 Å². The number of aromatic nitrogens is 2. The number of ether oxygens (including phenoxy) is 2. The van der Waals surface area contributed by atoms with Crippen molar-refractivity contribution in [1.82, 2.24) is 19.6 Å². The lowest BCUT2D eigenvalue weighted by Gasteiger charge is -2.39. The van der Waals surface area contributed by atoms with Crippen LogP contribution in [0.15, 0.2) is 89.5 Å². The fourth-order valence-electron chi connectivity index (χ4n) is 9.72. The van der Waals surface area contributed by atoms with E-state index in [1.54, 1.807) is 30.5 Å². The second-order valence-electron chi connectivity index (χ2n) is 19.0. The number of piperazine rings is 1. The third kappa shape index (κ3) is 10.8. The number of anilines is 4. The Balaban J connectivity index is 1.02. The number of nitrogens with one attached hydrogen (secondary N) is 3. The Morgan fingerprint density at radius 3 is 2.45 bits per heavy atom. The zero-order chi connectivity index (χ0) is 48.7. The van der Waals surface area contributed by atoms with Gasteiger partial charge in [-0.05, 0) is 109 Å². The summed E-state index contributed by atoms with van der Waals surface area (Å²) in [4.78, 5) is 38.8. The van der Waals surface area contributed by atoms with Crippen LogP contribution >= 0.6 is 11.6 Å². The minimum absolute atomic E-state index is 0.119. The van der Waals surface area contributed by atoms with Crippen molar-refractivity contribution in [2.24, 2.45) is 11.3 Å². The summed E-state index contributed by atoms with van der Waals surface area (Å²) in [5, 5.41) is 16.5. The van der Waals surface area contributed by atoms with Gasteiger partial charge in [0.05, 0.1) is 21.1 Å². The largest absolute Gasteiger partial charge is 0.463 e. The number of hydrogen-bond donors (Lipinski definition) is 3. The number of carbonyl (C=O) groups is 1. The molecule has 2 aromatic heterocycles. The van der Waals surface area contributed by atoms with E-state index in [-0.39, 0.29) is 46.4 Å². The fourth-order valence-corrected chi connectivity index (χ4v) is 10.8. The van der Waals surface area contributed by atoms with E-state index in [2.05, 4.69) is 55.8 Å². The number of benzene rings is 3. The number of alkyl halides is 3. The zero-order valence-electron chi connectivity index (χ0n) is 38.3. The average molecular weight is 992 g/mol. The first kappa shape index (κ1) is 48.1. The van der Waals surface area contributed by atoms with Crippen LogP contribution in [0.1, 0.15) is 68.3 Å². The molecule has 0 bridgehead atoms. The molecular formula is C49H54ClF3N8O7S. The van der Waals surface area contributed by atoms with Gasteiger partial charge in [-0.15, -0.1) is 0 Å². The third-order valence-electron chi connectivity index (χ3n) is 13.7. The highest BCUT2D eigenvalue weighted by atomic mass is 35.5. The standard InChI is InChI=1S/C49H54ClF3N8O7S/c1-48(2)16-11-34(39(28-48)32-3-5-35(50)6-4-32)30-58-19-21-59(22-20-58)36-7-9-38(41(26-36)60-18-13-44(49(51,52)53)68-47-43(60)25-33-12-17-54-45(33)56-47)46(62)57-69(65,66)37-8-10-40(42(27-37)61(63)64)55-29-31-14-23-67-24-15-31/h3-10,12,17,25-27,31,44,55H,11,13-16,18-24,28-30H2,1-2H3,(H,54,56)(H,57,62). The van der Waals surface area contributed by atoms with Crippen molar-refractivity contribution in [1.29, 1.82) is 0 Å². The Kier molecular flexibility index (Phi) is 13.6. The van der Waals surface area contributed by atoms with Crippen molar-refractivity contribution in [3.63, 3.8) is 0 Å². The van der Waals surface area contributed by atoms with Gasteiger partial charge in [0.2, 0.25) is 5.88 Å². The summed E-state index contributed by atoms with van der Waals surface area (Å²) < 4.78 is 84.3. The number of nitro benzene ring substituents is 1. The van der Waals surface area contributed by atoms with Gasteiger partial charge in [-0.3, -0.25) is 19.8 Å². The van der Waals surface area contributed by atoms with E-state index in [4.69, 9.17) is 21.1 Å². The number of nitro groups is 1. The van der Waals surface area contributed by atoms with Crippen molar-refractivity contribution in [3.05, 3.63) is 111 Å². The van der Waals surface area contributed by atoms with Crippen molar-refractivity contribution < 1.29 is 40.8 Å². The molecule has 0 saturated carbocycles. The van der Waals surface area contributed by atoms with Gasteiger partial charge in [0.25, 0.3) is 21.6 Å². The van der Waals surface area contributed by atoms with Crippen LogP contribution in [0.2, 0.25) is 5.02 Å². The number of halogens is 4. The van der Waals surface area contributed by atoms with Crippen molar-refractivity contribution in [2.45, 2.75) is 69.5 Å². The van der Waals surface area contributed by atoms with Crippen LogP contribution in [0.5, 0.6) is 5.88 Å². The molecule has 2 saturated heterocycles. The number of nitrogens with zero attached hydrogens (tertiary/aromatic N) is 5. The first-order valence-corrected chi connectivity index (χ1v) is 25.0. The molecule has 3 N–H and O–H groups in total. The number of carbonyl (C=O) groups excluding carboxylic acids is 1. The summed E-state index contributed by atoms with van der Waals surface area (Å²) in [6.07, 6.45) is -1.39. The minimum Gasteiger partial charge on any atom is -0.463 e. The topological polar surface area (TPSA) is 175 Å². The average Bonchev–Trinajstić information content (AvgIpc) is 3.69. The molecule has 1 aliphatic carbocycles. The number of H-pyrrole nitrogens is 1.